The molecule has 1 aromatic heterocycles. The average Bonchev–Trinajstić information content (AvgIpc) is 3.44. The highest BCUT2D eigenvalue weighted by molar-refractivity contribution is 5.95. The van der Waals surface area contributed by atoms with Gasteiger partial charge in [0, 0.05) is 18.6 Å². The van der Waals surface area contributed by atoms with E-state index in [9.17, 15) is 4.79 Å². The Morgan fingerprint density at radius 1 is 0.968 bits per heavy atom. The second-order valence-corrected chi connectivity index (χ2v) is 9.52. The summed E-state index contributed by atoms with van der Waals surface area (Å²) in [6.07, 6.45) is 9.93. The van der Waals surface area contributed by atoms with Gasteiger partial charge in [-0.15, -0.1) is 0 Å². The molecule has 0 bridgehead atoms. The van der Waals surface area contributed by atoms with E-state index in [2.05, 4.69) is 69.5 Å². The minimum atomic E-state index is -0.182. The number of urea groups is 1. The number of hydrogen-bond acceptors (Lipinski definition) is 5. The third kappa shape index (κ3) is 3.55. The fourth-order valence-electron chi connectivity index (χ4n) is 5.62. The minimum absolute atomic E-state index is 0.0190. The lowest BCUT2D eigenvalue weighted by Crippen LogP contribution is -2.54. The van der Waals surface area contributed by atoms with Gasteiger partial charge >= 0.3 is 6.03 Å². The van der Waals surface area contributed by atoms with Crippen molar-refractivity contribution in [3.8, 4) is 0 Å². The van der Waals surface area contributed by atoms with E-state index in [0.717, 1.165) is 50.4 Å². The van der Waals surface area contributed by atoms with Crippen molar-refractivity contribution < 1.29 is 4.79 Å². The molecule has 5 rings (SSSR count). The van der Waals surface area contributed by atoms with Gasteiger partial charge in [0.05, 0.1) is 30.2 Å². The first kappa shape index (κ1) is 20.2. The number of nitrogens with zero attached hydrogens (tertiary/aromatic N) is 5. The van der Waals surface area contributed by atoms with Crippen LogP contribution in [-0.2, 0) is 5.54 Å². The third-order valence-corrected chi connectivity index (χ3v) is 7.60. The van der Waals surface area contributed by atoms with Crippen molar-refractivity contribution in [1.82, 2.24) is 20.2 Å². The van der Waals surface area contributed by atoms with Gasteiger partial charge in [0.2, 0.25) is 5.95 Å². The largest absolute Gasteiger partial charge is 0.341 e. The number of rotatable bonds is 4. The zero-order valence-corrected chi connectivity index (χ0v) is 18.5. The summed E-state index contributed by atoms with van der Waals surface area (Å²) in [5.74, 6) is 0.770. The summed E-state index contributed by atoms with van der Waals surface area (Å²) in [4.78, 5) is 28.4. The Morgan fingerprint density at radius 3 is 2.23 bits per heavy atom. The predicted molar refractivity (Wildman–Crippen MR) is 122 cm³/mol. The first-order valence-electron chi connectivity index (χ1n) is 11.4. The standard InChI is InChI=1S/C24H32N6O/c1-28(2)24(19-8-4-3-5-9-19)12-10-23(11-13-24)18-30(22(31)27-23)20-16-25-21(26-17-20)29-14-6-7-15-29/h3-5,8-9,16-17H,6-7,10-15,18H2,1-2H3,(H,27,31). The number of carbonyl (C=O) groups is 1. The van der Waals surface area contributed by atoms with Gasteiger partial charge in [-0.25, -0.2) is 14.8 Å². The average molecular weight is 421 g/mol. The summed E-state index contributed by atoms with van der Waals surface area (Å²) in [7, 11) is 4.34. The van der Waals surface area contributed by atoms with Crippen molar-refractivity contribution in [3.05, 3.63) is 48.3 Å². The zero-order valence-electron chi connectivity index (χ0n) is 18.5. The van der Waals surface area contributed by atoms with Crippen LogP contribution in [0.3, 0.4) is 0 Å². The van der Waals surface area contributed by atoms with Gasteiger partial charge in [-0.05, 0) is 58.2 Å². The lowest BCUT2D eigenvalue weighted by atomic mass is 9.69. The molecule has 7 heteroatoms. The number of nitrogens with one attached hydrogen (secondary N) is 1. The summed E-state index contributed by atoms with van der Waals surface area (Å²) in [5, 5.41) is 3.32. The van der Waals surface area contributed by atoms with Crippen LogP contribution in [0.2, 0.25) is 0 Å². The van der Waals surface area contributed by atoms with Gasteiger partial charge in [0.1, 0.15) is 0 Å². The van der Waals surface area contributed by atoms with E-state index in [0.29, 0.717) is 6.54 Å². The Bertz CT molecular complexity index is 915. The molecule has 2 saturated heterocycles. The maximum atomic E-state index is 12.9. The van der Waals surface area contributed by atoms with Gasteiger partial charge in [-0.3, -0.25) is 9.80 Å². The second-order valence-electron chi connectivity index (χ2n) is 9.52. The molecule has 1 saturated carbocycles. The molecule has 164 valence electrons. The van der Waals surface area contributed by atoms with Crippen LogP contribution in [-0.4, -0.2) is 60.2 Å². The fraction of sp³-hybridized carbons (Fsp3) is 0.542. The highest BCUT2D eigenvalue weighted by atomic mass is 16.2. The fourth-order valence-corrected chi connectivity index (χ4v) is 5.62. The molecule has 1 spiro atoms. The highest BCUT2D eigenvalue weighted by Crippen LogP contribution is 2.46. The van der Waals surface area contributed by atoms with Crippen LogP contribution in [0.5, 0.6) is 0 Å². The molecule has 0 unspecified atom stereocenters. The van der Waals surface area contributed by atoms with E-state index < -0.39 is 0 Å². The molecule has 3 aliphatic rings. The minimum Gasteiger partial charge on any atom is -0.341 e. The van der Waals surface area contributed by atoms with Crippen LogP contribution < -0.4 is 15.1 Å². The van der Waals surface area contributed by atoms with Crippen LogP contribution in [0, 0.1) is 0 Å². The van der Waals surface area contributed by atoms with Gasteiger partial charge in [0.25, 0.3) is 0 Å². The summed E-state index contributed by atoms with van der Waals surface area (Å²) >= 11 is 0. The Balaban J connectivity index is 1.31. The van der Waals surface area contributed by atoms with Crippen LogP contribution in [0.15, 0.2) is 42.7 Å². The maximum absolute atomic E-state index is 12.9. The molecule has 1 aromatic carbocycles. The molecule has 3 heterocycles. The van der Waals surface area contributed by atoms with Crippen molar-refractivity contribution >= 4 is 17.7 Å². The molecule has 3 fully saturated rings. The Hall–Kier alpha value is -2.67. The van der Waals surface area contributed by atoms with E-state index in [1.54, 1.807) is 12.4 Å². The van der Waals surface area contributed by atoms with Crippen LogP contribution in [0.25, 0.3) is 0 Å². The van der Waals surface area contributed by atoms with E-state index in [-0.39, 0.29) is 17.1 Å². The number of anilines is 2. The van der Waals surface area contributed by atoms with E-state index in [4.69, 9.17) is 0 Å². The zero-order chi connectivity index (χ0) is 21.5. The topological polar surface area (TPSA) is 64.6 Å². The summed E-state index contributed by atoms with van der Waals surface area (Å²) in [6.45, 7) is 2.71. The number of carbonyl (C=O) groups excluding carboxylic acids is 1. The molecule has 31 heavy (non-hydrogen) atoms. The molecule has 0 radical (unpaired) electrons. The van der Waals surface area contributed by atoms with E-state index in [1.807, 2.05) is 4.90 Å². The maximum Gasteiger partial charge on any atom is 0.322 e. The molecule has 2 amide bonds. The lowest BCUT2D eigenvalue weighted by Gasteiger charge is -2.48. The number of hydrogen-bond donors (Lipinski definition) is 1. The first-order valence-corrected chi connectivity index (χ1v) is 11.4. The Kier molecular flexibility index (Phi) is 5.08. The summed E-state index contributed by atoms with van der Waals surface area (Å²) in [6, 6.07) is 10.7. The monoisotopic (exact) mass is 420 g/mol. The van der Waals surface area contributed by atoms with Crippen molar-refractivity contribution in [2.24, 2.45) is 0 Å². The molecule has 1 N–H and O–H groups in total. The smallest absolute Gasteiger partial charge is 0.322 e. The van der Waals surface area contributed by atoms with Crippen LogP contribution in [0.4, 0.5) is 16.4 Å². The van der Waals surface area contributed by atoms with Crippen molar-refractivity contribution in [2.75, 3.05) is 43.5 Å². The van der Waals surface area contributed by atoms with E-state index >= 15 is 0 Å². The van der Waals surface area contributed by atoms with Crippen molar-refractivity contribution in [3.63, 3.8) is 0 Å². The lowest BCUT2D eigenvalue weighted by molar-refractivity contribution is 0.0658. The van der Waals surface area contributed by atoms with Gasteiger partial charge < -0.3 is 10.2 Å². The first-order chi connectivity index (χ1) is 15.0. The van der Waals surface area contributed by atoms with Crippen molar-refractivity contribution in [1.29, 1.82) is 0 Å². The van der Waals surface area contributed by atoms with Gasteiger partial charge in [0.15, 0.2) is 0 Å². The predicted octanol–water partition coefficient (Wildman–Crippen LogP) is 3.38. The highest BCUT2D eigenvalue weighted by Gasteiger charge is 2.50. The summed E-state index contributed by atoms with van der Waals surface area (Å²) in [5.41, 5.74) is 1.98. The third-order valence-electron chi connectivity index (χ3n) is 7.60. The van der Waals surface area contributed by atoms with Crippen LogP contribution in [0.1, 0.15) is 44.1 Å². The van der Waals surface area contributed by atoms with Gasteiger partial charge in [-0.1, -0.05) is 30.3 Å². The number of amides is 2. The van der Waals surface area contributed by atoms with Crippen LogP contribution >= 0.6 is 0 Å². The molecular weight excluding hydrogens is 388 g/mol. The van der Waals surface area contributed by atoms with Gasteiger partial charge in [-0.2, -0.15) is 0 Å². The molecule has 7 nitrogen and oxygen atoms in total. The molecule has 2 aliphatic heterocycles. The van der Waals surface area contributed by atoms with E-state index in [1.165, 1.54) is 18.4 Å². The Labute approximate surface area is 184 Å². The SMILES string of the molecule is CN(C)C1(c2ccccc2)CCC2(CC1)CN(c1cnc(N3CCCC3)nc1)C(=O)N2. The molecule has 2 aromatic rings. The number of benzene rings is 1. The molecule has 1 aliphatic carbocycles. The number of aromatic nitrogens is 2. The molecule has 0 atom stereocenters. The summed E-state index contributed by atoms with van der Waals surface area (Å²) < 4.78 is 0. The molecular formula is C24H32N6O. The normalized spacial score (nSPS) is 28.5. The Morgan fingerprint density at radius 2 is 1.61 bits per heavy atom. The quantitative estimate of drug-likeness (QED) is 0.822. The second kappa shape index (κ2) is 7.79. The van der Waals surface area contributed by atoms with Crippen molar-refractivity contribution in [2.45, 2.75) is 49.6 Å².